The molecule has 0 unspecified atom stereocenters. The van der Waals surface area contributed by atoms with Crippen molar-refractivity contribution < 1.29 is 9.32 Å². The monoisotopic (exact) mass is 297 g/mol. The Bertz CT molecular complexity index is 741. The molecule has 1 saturated carbocycles. The summed E-state index contributed by atoms with van der Waals surface area (Å²) in [6.07, 6.45) is 6.57. The lowest BCUT2D eigenvalue weighted by Crippen LogP contribution is -2.65. The van der Waals surface area contributed by atoms with Crippen molar-refractivity contribution in [3.05, 3.63) is 30.0 Å². The van der Waals surface area contributed by atoms with Gasteiger partial charge in [-0.25, -0.2) is 0 Å². The predicted octanol–water partition coefficient (Wildman–Crippen LogP) is 2.18. The number of fused-ring (bicyclic) bond motifs is 3. The van der Waals surface area contributed by atoms with Crippen LogP contribution in [0.3, 0.4) is 0 Å². The number of rotatable bonds is 2. The lowest BCUT2D eigenvalue weighted by Gasteiger charge is -2.52. The fourth-order valence-electron chi connectivity index (χ4n) is 4.55. The third-order valence-corrected chi connectivity index (χ3v) is 5.89. The van der Waals surface area contributed by atoms with Crippen molar-refractivity contribution in [1.29, 1.82) is 0 Å². The predicted molar refractivity (Wildman–Crippen MR) is 81.5 cm³/mol. The highest BCUT2D eigenvalue weighted by Crippen LogP contribution is 2.53. The lowest BCUT2D eigenvalue weighted by atomic mass is 9.77. The van der Waals surface area contributed by atoms with Crippen molar-refractivity contribution in [2.75, 3.05) is 13.1 Å². The molecule has 114 valence electrons. The van der Waals surface area contributed by atoms with Crippen LogP contribution in [-0.4, -0.2) is 40.6 Å². The Kier molecular flexibility index (Phi) is 2.48. The zero-order valence-corrected chi connectivity index (χ0v) is 12.4. The quantitative estimate of drug-likeness (QED) is 0.923. The number of carbonyl (C=O) groups excluding carboxylic acids is 1. The van der Waals surface area contributed by atoms with Crippen molar-refractivity contribution in [2.24, 2.45) is 5.92 Å². The third kappa shape index (κ3) is 1.69. The molecule has 0 radical (unpaired) electrons. The number of nitrogens with one attached hydrogen (secondary N) is 1. The van der Waals surface area contributed by atoms with Crippen molar-refractivity contribution in [3.63, 3.8) is 0 Å². The van der Waals surface area contributed by atoms with Crippen LogP contribution < -0.4 is 5.32 Å². The number of aromatic nitrogens is 1. The molecule has 4 aliphatic rings. The third-order valence-electron chi connectivity index (χ3n) is 5.89. The highest BCUT2D eigenvalue weighted by molar-refractivity contribution is 5.97. The largest absolute Gasteiger partial charge is 0.356 e. The van der Waals surface area contributed by atoms with Gasteiger partial charge in [0.2, 0.25) is 0 Å². The van der Waals surface area contributed by atoms with Gasteiger partial charge in [0.1, 0.15) is 0 Å². The Balaban J connectivity index is 1.42. The van der Waals surface area contributed by atoms with Crippen LogP contribution in [0.25, 0.3) is 11.0 Å². The van der Waals surface area contributed by atoms with Gasteiger partial charge < -0.3 is 9.84 Å². The maximum Gasteiger partial charge on any atom is 0.251 e. The molecule has 2 bridgehead atoms. The standard InChI is InChI=1S/C17H19N3O2/c21-16(12-1-2-13-10-18-22-14(13)9-12)19-15-11-3-7-20(8-4-11)17(15)5-6-17/h1-2,9-11,15H,3-8H2,(H,19,21)/t15-/m0/s1. The first-order valence-corrected chi connectivity index (χ1v) is 8.17. The van der Waals surface area contributed by atoms with Crippen LogP contribution in [0.5, 0.6) is 0 Å². The van der Waals surface area contributed by atoms with E-state index in [1.807, 2.05) is 12.1 Å². The molecule has 4 fully saturated rings. The molecule has 22 heavy (non-hydrogen) atoms. The van der Waals surface area contributed by atoms with E-state index >= 15 is 0 Å². The minimum Gasteiger partial charge on any atom is -0.356 e. The Morgan fingerprint density at radius 2 is 2.14 bits per heavy atom. The zero-order valence-electron chi connectivity index (χ0n) is 12.4. The fraction of sp³-hybridized carbons (Fsp3) is 0.529. The summed E-state index contributed by atoms with van der Waals surface area (Å²) in [6, 6.07) is 5.85. The second-order valence-electron chi connectivity index (χ2n) is 6.96. The van der Waals surface area contributed by atoms with Crippen molar-refractivity contribution >= 4 is 16.9 Å². The number of amides is 1. The molecule has 1 amide bonds. The second-order valence-corrected chi connectivity index (χ2v) is 6.96. The van der Waals surface area contributed by atoms with Gasteiger partial charge in [0.15, 0.2) is 5.58 Å². The van der Waals surface area contributed by atoms with Crippen LogP contribution in [0.15, 0.2) is 28.9 Å². The first-order chi connectivity index (χ1) is 10.8. The summed E-state index contributed by atoms with van der Waals surface area (Å²) < 4.78 is 5.16. The molecule has 5 nitrogen and oxygen atoms in total. The van der Waals surface area contributed by atoms with Crippen LogP contribution >= 0.6 is 0 Å². The molecule has 5 heteroatoms. The highest BCUT2D eigenvalue weighted by atomic mass is 16.5. The maximum absolute atomic E-state index is 12.7. The maximum atomic E-state index is 12.7. The number of benzene rings is 1. The number of piperidine rings is 3. The Hall–Kier alpha value is -1.88. The summed E-state index contributed by atoms with van der Waals surface area (Å²) in [5.74, 6) is 0.661. The van der Waals surface area contributed by atoms with Gasteiger partial charge in [-0.2, -0.15) is 0 Å². The molecule has 1 N–H and O–H groups in total. The highest BCUT2D eigenvalue weighted by Gasteiger charge is 2.60. The second kappa shape index (κ2) is 4.32. The van der Waals surface area contributed by atoms with Crippen LogP contribution in [0.1, 0.15) is 36.0 Å². The first-order valence-electron chi connectivity index (χ1n) is 8.17. The van der Waals surface area contributed by atoms with Crippen molar-refractivity contribution in [3.8, 4) is 0 Å². The lowest BCUT2D eigenvalue weighted by molar-refractivity contribution is -0.00144. The minimum atomic E-state index is 0.0170. The van der Waals surface area contributed by atoms with E-state index in [2.05, 4.69) is 15.4 Å². The number of nitrogens with zero attached hydrogens (tertiary/aromatic N) is 2. The molecule has 6 rings (SSSR count). The molecule has 3 aliphatic heterocycles. The van der Waals surface area contributed by atoms with Gasteiger partial charge in [-0.05, 0) is 62.9 Å². The zero-order chi connectivity index (χ0) is 14.7. The summed E-state index contributed by atoms with van der Waals surface area (Å²) in [4.78, 5) is 15.3. The van der Waals surface area contributed by atoms with Gasteiger partial charge in [0.25, 0.3) is 5.91 Å². The number of hydrogen-bond acceptors (Lipinski definition) is 4. The average molecular weight is 297 g/mol. The van der Waals surface area contributed by atoms with E-state index in [0.29, 0.717) is 23.1 Å². The van der Waals surface area contributed by atoms with E-state index in [1.54, 1.807) is 12.3 Å². The molecule has 2 aromatic rings. The van der Waals surface area contributed by atoms with Crippen molar-refractivity contribution in [2.45, 2.75) is 37.3 Å². The van der Waals surface area contributed by atoms with E-state index in [0.717, 1.165) is 5.39 Å². The Labute approximate surface area is 128 Å². The molecule has 1 aromatic heterocycles. The van der Waals surface area contributed by atoms with E-state index in [-0.39, 0.29) is 11.4 Å². The summed E-state index contributed by atoms with van der Waals surface area (Å²) in [5.41, 5.74) is 1.60. The average Bonchev–Trinajstić information content (AvgIpc) is 3.18. The van der Waals surface area contributed by atoms with Gasteiger partial charge in [-0.1, -0.05) is 5.16 Å². The molecule has 1 aliphatic carbocycles. The van der Waals surface area contributed by atoms with Crippen LogP contribution in [0.4, 0.5) is 0 Å². The summed E-state index contributed by atoms with van der Waals surface area (Å²) in [6.45, 7) is 2.42. The van der Waals surface area contributed by atoms with Gasteiger partial charge in [-0.3, -0.25) is 9.69 Å². The Morgan fingerprint density at radius 1 is 1.32 bits per heavy atom. The van der Waals surface area contributed by atoms with Crippen LogP contribution in [-0.2, 0) is 0 Å². The van der Waals surface area contributed by atoms with Crippen LogP contribution in [0, 0.1) is 5.92 Å². The van der Waals surface area contributed by atoms with Crippen molar-refractivity contribution in [1.82, 2.24) is 15.4 Å². The van der Waals surface area contributed by atoms with E-state index in [4.69, 9.17) is 4.52 Å². The van der Waals surface area contributed by atoms with E-state index in [9.17, 15) is 4.79 Å². The number of hydrogen-bond donors (Lipinski definition) is 1. The normalized spacial score (nSPS) is 31.5. The molecule has 3 saturated heterocycles. The first kappa shape index (κ1) is 12.6. The summed E-state index contributed by atoms with van der Waals surface area (Å²) >= 11 is 0. The van der Waals surface area contributed by atoms with Gasteiger partial charge >= 0.3 is 0 Å². The smallest absolute Gasteiger partial charge is 0.251 e. The molecule has 1 aromatic carbocycles. The molecule has 4 heterocycles. The topological polar surface area (TPSA) is 58.4 Å². The van der Waals surface area contributed by atoms with Gasteiger partial charge in [0, 0.05) is 16.5 Å². The van der Waals surface area contributed by atoms with Crippen LogP contribution in [0.2, 0.25) is 0 Å². The summed E-state index contributed by atoms with van der Waals surface area (Å²) in [7, 11) is 0. The molecular formula is C17H19N3O2. The minimum absolute atomic E-state index is 0.0170. The molecule has 1 atom stereocenters. The Morgan fingerprint density at radius 3 is 2.91 bits per heavy atom. The SMILES string of the molecule is O=C(N[C@H]1C2CCN(CC2)C12CC2)c1ccc2cnoc2c1. The fourth-order valence-corrected chi connectivity index (χ4v) is 4.55. The summed E-state index contributed by atoms with van der Waals surface area (Å²) in [5, 5.41) is 8.03. The molecule has 1 spiro atoms. The van der Waals surface area contributed by atoms with E-state index in [1.165, 1.54) is 38.8 Å². The van der Waals surface area contributed by atoms with Gasteiger partial charge in [0.05, 0.1) is 12.2 Å². The van der Waals surface area contributed by atoms with E-state index < -0.39 is 0 Å². The van der Waals surface area contributed by atoms with Gasteiger partial charge in [-0.15, -0.1) is 0 Å². The molecular weight excluding hydrogens is 278 g/mol. The number of carbonyl (C=O) groups is 1.